The highest BCUT2D eigenvalue weighted by molar-refractivity contribution is 7.99. The summed E-state index contributed by atoms with van der Waals surface area (Å²) in [4.78, 5) is 11.9. The van der Waals surface area contributed by atoms with Crippen LogP contribution in [0.15, 0.2) is 40.4 Å². The van der Waals surface area contributed by atoms with Gasteiger partial charge in [-0.05, 0) is 6.07 Å². The van der Waals surface area contributed by atoms with Gasteiger partial charge in [0.1, 0.15) is 5.82 Å². The number of halogens is 1. The first kappa shape index (κ1) is 10.9. The van der Waals surface area contributed by atoms with Gasteiger partial charge in [-0.1, -0.05) is 23.9 Å². The summed E-state index contributed by atoms with van der Waals surface area (Å²) >= 11 is 1.20. The Hall–Kier alpha value is -1.62. The Morgan fingerprint density at radius 2 is 2.31 bits per heavy atom. The molecule has 0 aliphatic carbocycles. The molecular formula is C11H9FN2OS. The van der Waals surface area contributed by atoms with Gasteiger partial charge >= 0.3 is 0 Å². The Balaban J connectivity index is 2.37. The fourth-order valence-electron chi connectivity index (χ4n) is 1.30. The van der Waals surface area contributed by atoms with Crippen molar-refractivity contribution in [1.29, 1.82) is 0 Å². The Labute approximate surface area is 96.3 Å². The summed E-state index contributed by atoms with van der Waals surface area (Å²) in [6.45, 7) is 0. The molecule has 1 aromatic heterocycles. The van der Waals surface area contributed by atoms with Gasteiger partial charge in [-0.15, -0.1) is 0 Å². The van der Waals surface area contributed by atoms with Gasteiger partial charge in [-0.25, -0.2) is 4.39 Å². The maximum absolute atomic E-state index is 13.5. The molecular weight excluding hydrogens is 227 g/mol. The molecule has 2 rings (SSSR count). The lowest BCUT2D eigenvalue weighted by Crippen LogP contribution is -1.89. The summed E-state index contributed by atoms with van der Waals surface area (Å²) in [6.07, 6.45) is 4.05. The van der Waals surface area contributed by atoms with E-state index in [-0.39, 0.29) is 0 Å². The normalized spacial score (nSPS) is 10.4. The van der Waals surface area contributed by atoms with Crippen LogP contribution in [-0.4, -0.2) is 16.1 Å². The minimum Gasteiger partial charge on any atom is -0.298 e. The van der Waals surface area contributed by atoms with E-state index in [1.54, 1.807) is 30.2 Å². The molecule has 1 heterocycles. The zero-order valence-corrected chi connectivity index (χ0v) is 9.37. The van der Waals surface area contributed by atoms with E-state index in [0.717, 1.165) is 4.90 Å². The summed E-state index contributed by atoms with van der Waals surface area (Å²) in [5, 5.41) is 3.98. The molecule has 0 atom stereocenters. The van der Waals surface area contributed by atoms with Crippen molar-refractivity contribution in [3.63, 3.8) is 0 Å². The van der Waals surface area contributed by atoms with E-state index in [9.17, 15) is 9.18 Å². The number of aldehydes is 1. The maximum Gasteiger partial charge on any atom is 0.151 e. The first-order chi connectivity index (χ1) is 7.70. The second kappa shape index (κ2) is 4.49. The number of rotatable bonds is 3. The van der Waals surface area contributed by atoms with Gasteiger partial charge in [0.05, 0.1) is 16.0 Å². The summed E-state index contributed by atoms with van der Waals surface area (Å²) in [6, 6.07) is 4.45. The molecule has 0 saturated heterocycles. The van der Waals surface area contributed by atoms with Gasteiger partial charge < -0.3 is 0 Å². The van der Waals surface area contributed by atoms with Gasteiger partial charge in [0.25, 0.3) is 0 Å². The molecule has 1 aromatic carbocycles. The zero-order chi connectivity index (χ0) is 11.5. The van der Waals surface area contributed by atoms with Crippen LogP contribution in [0.1, 0.15) is 10.4 Å². The standard InChI is InChI=1S/C11H9FN2OS/c1-14-6-9(5-13-14)16-11-8(7-15)3-2-4-10(11)12/h2-7H,1H3. The van der Waals surface area contributed by atoms with E-state index in [0.29, 0.717) is 16.7 Å². The van der Waals surface area contributed by atoms with E-state index in [2.05, 4.69) is 5.10 Å². The third-order valence-corrected chi connectivity index (χ3v) is 3.11. The van der Waals surface area contributed by atoms with Crippen molar-refractivity contribution in [2.45, 2.75) is 9.79 Å². The number of aryl methyl sites for hydroxylation is 1. The van der Waals surface area contributed by atoms with E-state index >= 15 is 0 Å². The minimum absolute atomic E-state index is 0.338. The number of hydrogen-bond donors (Lipinski definition) is 0. The van der Waals surface area contributed by atoms with E-state index in [4.69, 9.17) is 0 Å². The first-order valence-corrected chi connectivity index (χ1v) is 5.42. The van der Waals surface area contributed by atoms with Crippen LogP contribution in [0.3, 0.4) is 0 Å². The van der Waals surface area contributed by atoms with Crippen molar-refractivity contribution in [3.8, 4) is 0 Å². The van der Waals surface area contributed by atoms with Gasteiger partial charge in [0.2, 0.25) is 0 Å². The molecule has 0 unspecified atom stereocenters. The van der Waals surface area contributed by atoms with Crippen LogP contribution in [0.5, 0.6) is 0 Å². The van der Waals surface area contributed by atoms with Crippen LogP contribution in [0.4, 0.5) is 4.39 Å². The van der Waals surface area contributed by atoms with Crippen molar-refractivity contribution >= 4 is 18.0 Å². The average molecular weight is 236 g/mol. The van der Waals surface area contributed by atoms with E-state index < -0.39 is 5.82 Å². The molecule has 0 fully saturated rings. The predicted octanol–water partition coefficient (Wildman–Crippen LogP) is 2.52. The predicted molar refractivity (Wildman–Crippen MR) is 59.1 cm³/mol. The van der Waals surface area contributed by atoms with Crippen molar-refractivity contribution < 1.29 is 9.18 Å². The van der Waals surface area contributed by atoms with Gasteiger partial charge in [0, 0.05) is 18.8 Å². The van der Waals surface area contributed by atoms with Gasteiger partial charge in [0.15, 0.2) is 6.29 Å². The van der Waals surface area contributed by atoms with Gasteiger partial charge in [-0.3, -0.25) is 9.48 Å². The van der Waals surface area contributed by atoms with Crippen molar-refractivity contribution in [2.75, 3.05) is 0 Å². The second-order valence-electron chi connectivity index (χ2n) is 3.23. The number of aromatic nitrogens is 2. The highest BCUT2D eigenvalue weighted by Crippen LogP contribution is 2.31. The van der Waals surface area contributed by atoms with E-state index in [1.165, 1.54) is 23.9 Å². The third kappa shape index (κ3) is 2.14. The average Bonchev–Trinajstić information content (AvgIpc) is 2.67. The fraction of sp³-hybridized carbons (Fsp3) is 0.0909. The number of nitrogens with zero attached hydrogens (tertiary/aromatic N) is 2. The quantitative estimate of drug-likeness (QED) is 0.768. The lowest BCUT2D eigenvalue weighted by molar-refractivity contribution is 0.112. The molecule has 0 amide bonds. The molecule has 0 saturated carbocycles. The minimum atomic E-state index is -0.390. The molecule has 2 aromatic rings. The summed E-state index contributed by atoms with van der Waals surface area (Å²) in [5.41, 5.74) is 0.355. The molecule has 0 radical (unpaired) electrons. The molecule has 3 nitrogen and oxygen atoms in total. The number of benzene rings is 1. The summed E-state index contributed by atoms with van der Waals surface area (Å²) in [5.74, 6) is -0.390. The Bertz CT molecular complexity index is 524. The smallest absolute Gasteiger partial charge is 0.151 e. The number of hydrogen-bond acceptors (Lipinski definition) is 3. The monoisotopic (exact) mass is 236 g/mol. The fourth-order valence-corrected chi connectivity index (χ4v) is 2.24. The van der Waals surface area contributed by atoms with Crippen molar-refractivity contribution in [1.82, 2.24) is 9.78 Å². The van der Waals surface area contributed by atoms with E-state index in [1.807, 2.05) is 0 Å². The molecule has 0 N–H and O–H groups in total. The van der Waals surface area contributed by atoms with Crippen LogP contribution < -0.4 is 0 Å². The third-order valence-electron chi connectivity index (χ3n) is 2.03. The second-order valence-corrected chi connectivity index (χ2v) is 4.31. The van der Waals surface area contributed by atoms with Crippen molar-refractivity contribution in [3.05, 3.63) is 42.0 Å². The molecule has 0 spiro atoms. The SMILES string of the molecule is Cn1cc(Sc2c(F)cccc2C=O)cn1. The highest BCUT2D eigenvalue weighted by atomic mass is 32.2. The van der Waals surface area contributed by atoms with Gasteiger partial charge in [-0.2, -0.15) is 5.10 Å². The zero-order valence-electron chi connectivity index (χ0n) is 8.55. The van der Waals surface area contributed by atoms with Crippen LogP contribution in [0, 0.1) is 5.82 Å². The Kier molecular flexibility index (Phi) is 3.05. The van der Waals surface area contributed by atoms with Crippen molar-refractivity contribution in [2.24, 2.45) is 7.05 Å². The number of carbonyl (C=O) groups excluding carboxylic acids is 1. The van der Waals surface area contributed by atoms with Crippen LogP contribution in [-0.2, 0) is 7.05 Å². The lowest BCUT2D eigenvalue weighted by Gasteiger charge is -2.03. The number of carbonyl (C=O) groups is 1. The Morgan fingerprint density at radius 1 is 1.50 bits per heavy atom. The first-order valence-electron chi connectivity index (χ1n) is 4.61. The summed E-state index contributed by atoms with van der Waals surface area (Å²) in [7, 11) is 1.78. The molecule has 0 aliphatic heterocycles. The topological polar surface area (TPSA) is 34.9 Å². The molecule has 0 aliphatic rings. The highest BCUT2D eigenvalue weighted by Gasteiger charge is 2.10. The molecule has 16 heavy (non-hydrogen) atoms. The Morgan fingerprint density at radius 3 is 2.94 bits per heavy atom. The summed E-state index contributed by atoms with van der Waals surface area (Å²) < 4.78 is 15.2. The van der Waals surface area contributed by atoms with Crippen LogP contribution in [0.2, 0.25) is 0 Å². The molecule has 5 heteroatoms. The lowest BCUT2D eigenvalue weighted by atomic mass is 10.2. The maximum atomic E-state index is 13.5. The van der Waals surface area contributed by atoms with Crippen LogP contribution >= 0.6 is 11.8 Å². The molecule has 0 bridgehead atoms. The molecule has 82 valence electrons. The van der Waals surface area contributed by atoms with Crippen LogP contribution in [0.25, 0.3) is 0 Å². The largest absolute Gasteiger partial charge is 0.298 e.